The number of hydrogen-bond acceptors (Lipinski definition) is 5. The van der Waals surface area contributed by atoms with Crippen LogP contribution in [0.4, 0.5) is 4.39 Å². The number of ether oxygens (including phenoxy) is 1. The van der Waals surface area contributed by atoms with Crippen LogP contribution in [-0.4, -0.2) is 22.0 Å². The number of rotatable bonds is 2. The largest absolute Gasteiger partial charge is 0.508 e. The van der Waals surface area contributed by atoms with E-state index in [9.17, 15) is 24.2 Å². The van der Waals surface area contributed by atoms with Crippen LogP contribution < -0.4 is 4.74 Å². The minimum absolute atomic E-state index is 0.164. The molecule has 0 saturated heterocycles. The van der Waals surface area contributed by atoms with E-state index in [4.69, 9.17) is 4.74 Å². The summed E-state index contributed by atoms with van der Waals surface area (Å²) in [6, 6.07) is 6.03. The van der Waals surface area contributed by atoms with E-state index in [0.29, 0.717) is 17.7 Å². The smallest absolute Gasteiger partial charge is 0.311 e. The fourth-order valence-electron chi connectivity index (χ4n) is 2.37. The third-order valence-electron chi connectivity index (χ3n) is 3.43. The normalized spacial score (nSPS) is 13.4. The lowest BCUT2D eigenvalue weighted by molar-refractivity contribution is -0.135. The Morgan fingerprint density at radius 1 is 1.14 bits per heavy atom. The van der Waals surface area contributed by atoms with E-state index in [-0.39, 0.29) is 18.0 Å². The number of aromatic hydroxyl groups is 2. The number of hydrogen-bond donors (Lipinski definition) is 2. The molecule has 1 heterocycles. The van der Waals surface area contributed by atoms with E-state index in [1.807, 2.05) is 0 Å². The first-order valence-corrected chi connectivity index (χ1v) is 6.55. The first-order valence-electron chi connectivity index (χ1n) is 6.55. The van der Waals surface area contributed by atoms with Crippen LogP contribution in [0.1, 0.15) is 27.9 Å². The molecule has 1 aliphatic heterocycles. The number of phenolic OH excluding ortho intramolecular Hbond substituents is 2. The van der Waals surface area contributed by atoms with E-state index in [1.54, 1.807) is 0 Å². The standard InChI is InChI=1S/C16H11FO5/c17-11-6-10(18)7-12(19)15(11)16(21)9-1-3-13-8(5-9)2-4-14(20)22-13/h1,3,5-7,18-19H,2,4H2. The van der Waals surface area contributed by atoms with Gasteiger partial charge in [-0.1, -0.05) is 0 Å². The Balaban J connectivity index is 2.02. The molecule has 22 heavy (non-hydrogen) atoms. The van der Waals surface area contributed by atoms with Gasteiger partial charge in [0.05, 0.1) is 6.42 Å². The maximum Gasteiger partial charge on any atom is 0.311 e. The fourth-order valence-corrected chi connectivity index (χ4v) is 2.37. The molecule has 2 aromatic carbocycles. The number of halogens is 1. The molecule has 0 unspecified atom stereocenters. The lowest BCUT2D eigenvalue weighted by atomic mass is 9.97. The van der Waals surface area contributed by atoms with E-state index in [1.165, 1.54) is 18.2 Å². The van der Waals surface area contributed by atoms with Crippen LogP contribution in [0.25, 0.3) is 0 Å². The second-order valence-electron chi connectivity index (χ2n) is 4.95. The van der Waals surface area contributed by atoms with E-state index in [2.05, 4.69) is 0 Å². The van der Waals surface area contributed by atoms with Gasteiger partial charge in [0.1, 0.15) is 28.6 Å². The van der Waals surface area contributed by atoms with Crippen molar-refractivity contribution in [2.75, 3.05) is 0 Å². The Bertz CT molecular complexity index is 774. The Hall–Kier alpha value is -2.89. The third-order valence-corrected chi connectivity index (χ3v) is 3.43. The lowest BCUT2D eigenvalue weighted by Gasteiger charge is -2.16. The van der Waals surface area contributed by atoms with Crippen LogP contribution in [0.3, 0.4) is 0 Å². The number of carbonyl (C=O) groups excluding carboxylic acids is 2. The topological polar surface area (TPSA) is 83.8 Å². The highest BCUT2D eigenvalue weighted by Crippen LogP contribution is 2.31. The predicted octanol–water partition coefficient (Wildman–Crippen LogP) is 2.32. The van der Waals surface area contributed by atoms with Crippen LogP contribution in [0.15, 0.2) is 30.3 Å². The van der Waals surface area contributed by atoms with Gasteiger partial charge < -0.3 is 14.9 Å². The van der Waals surface area contributed by atoms with E-state index < -0.39 is 28.7 Å². The summed E-state index contributed by atoms with van der Waals surface area (Å²) >= 11 is 0. The average molecular weight is 302 g/mol. The summed E-state index contributed by atoms with van der Waals surface area (Å²) in [5.41, 5.74) is 0.325. The van der Waals surface area contributed by atoms with E-state index >= 15 is 0 Å². The summed E-state index contributed by atoms with van der Waals surface area (Å²) < 4.78 is 18.9. The van der Waals surface area contributed by atoms with Crippen molar-refractivity contribution in [3.63, 3.8) is 0 Å². The number of aryl methyl sites for hydroxylation is 1. The highest BCUT2D eigenvalue weighted by atomic mass is 19.1. The number of fused-ring (bicyclic) bond motifs is 1. The maximum atomic E-state index is 13.8. The molecular formula is C16H11FO5. The van der Waals surface area contributed by atoms with Gasteiger partial charge in [0.25, 0.3) is 0 Å². The zero-order valence-corrected chi connectivity index (χ0v) is 11.3. The average Bonchev–Trinajstić information content (AvgIpc) is 2.45. The minimum atomic E-state index is -1.01. The highest BCUT2D eigenvalue weighted by molar-refractivity contribution is 6.11. The molecule has 0 radical (unpaired) electrons. The summed E-state index contributed by atoms with van der Waals surface area (Å²) in [5.74, 6) is -2.78. The predicted molar refractivity (Wildman–Crippen MR) is 73.6 cm³/mol. The monoisotopic (exact) mass is 302 g/mol. The molecule has 0 atom stereocenters. The van der Waals surface area contributed by atoms with E-state index in [0.717, 1.165) is 12.1 Å². The second kappa shape index (κ2) is 5.14. The van der Waals surface area contributed by atoms with Crippen molar-refractivity contribution in [1.82, 2.24) is 0 Å². The van der Waals surface area contributed by atoms with Crippen molar-refractivity contribution in [1.29, 1.82) is 0 Å². The van der Waals surface area contributed by atoms with Gasteiger partial charge in [-0.2, -0.15) is 0 Å². The van der Waals surface area contributed by atoms with Crippen molar-refractivity contribution >= 4 is 11.8 Å². The number of esters is 1. The summed E-state index contributed by atoms with van der Waals surface area (Å²) in [7, 11) is 0. The summed E-state index contributed by atoms with van der Waals surface area (Å²) in [6.07, 6.45) is 0.642. The maximum absolute atomic E-state index is 13.8. The molecule has 1 aliphatic rings. The molecule has 0 amide bonds. The number of benzene rings is 2. The molecule has 2 aromatic rings. The number of phenols is 2. The van der Waals surface area contributed by atoms with Gasteiger partial charge in [-0.05, 0) is 30.2 Å². The van der Waals surface area contributed by atoms with Crippen molar-refractivity contribution in [3.05, 3.63) is 52.8 Å². The quantitative estimate of drug-likeness (QED) is 0.505. The molecule has 6 heteroatoms. The molecule has 0 spiro atoms. The molecule has 0 fully saturated rings. The van der Waals surface area contributed by atoms with Gasteiger partial charge in [-0.3, -0.25) is 9.59 Å². The van der Waals surface area contributed by atoms with Crippen LogP contribution in [0.5, 0.6) is 17.2 Å². The van der Waals surface area contributed by atoms with Crippen molar-refractivity contribution in [2.24, 2.45) is 0 Å². The molecular weight excluding hydrogens is 291 g/mol. The summed E-state index contributed by atoms with van der Waals surface area (Å²) in [5, 5.41) is 18.9. The SMILES string of the molecule is O=C1CCc2cc(C(=O)c3c(O)cc(O)cc3F)ccc2O1. The van der Waals surface area contributed by atoms with Crippen molar-refractivity contribution in [3.8, 4) is 17.2 Å². The first-order chi connectivity index (χ1) is 10.5. The van der Waals surface area contributed by atoms with Gasteiger partial charge in [0.2, 0.25) is 0 Å². The van der Waals surface area contributed by atoms with Gasteiger partial charge in [-0.15, -0.1) is 0 Å². The van der Waals surface area contributed by atoms with Gasteiger partial charge in [-0.25, -0.2) is 4.39 Å². The molecule has 0 aliphatic carbocycles. The molecule has 0 saturated carbocycles. The zero-order chi connectivity index (χ0) is 15.9. The first kappa shape index (κ1) is 14.1. The Kier molecular flexibility index (Phi) is 3.29. The van der Waals surface area contributed by atoms with Crippen molar-refractivity contribution in [2.45, 2.75) is 12.8 Å². The fraction of sp³-hybridized carbons (Fsp3) is 0.125. The minimum Gasteiger partial charge on any atom is -0.508 e. The van der Waals surface area contributed by atoms with Crippen molar-refractivity contribution < 1.29 is 28.9 Å². The molecule has 112 valence electrons. The number of carbonyl (C=O) groups is 2. The summed E-state index contributed by atoms with van der Waals surface area (Å²) in [6.45, 7) is 0. The second-order valence-corrected chi connectivity index (χ2v) is 4.95. The summed E-state index contributed by atoms with van der Waals surface area (Å²) in [4.78, 5) is 23.6. The van der Waals surface area contributed by atoms with Gasteiger partial charge in [0.15, 0.2) is 5.78 Å². The molecule has 5 nitrogen and oxygen atoms in total. The molecule has 0 aromatic heterocycles. The van der Waals surface area contributed by atoms with Crippen LogP contribution in [0.2, 0.25) is 0 Å². The van der Waals surface area contributed by atoms with Crippen LogP contribution in [0, 0.1) is 5.82 Å². The zero-order valence-electron chi connectivity index (χ0n) is 11.3. The molecule has 3 rings (SSSR count). The highest BCUT2D eigenvalue weighted by Gasteiger charge is 2.23. The van der Waals surface area contributed by atoms with Gasteiger partial charge in [0, 0.05) is 17.7 Å². The van der Waals surface area contributed by atoms with Gasteiger partial charge >= 0.3 is 5.97 Å². The Labute approximate surface area is 124 Å². The van der Waals surface area contributed by atoms with Crippen LogP contribution in [-0.2, 0) is 11.2 Å². The third kappa shape index (κ3) is 2.39. The lowest BCUT2D eigenvalue weighted by Crippen LogP contribution is -2.16. The molecule has 0 bridgehead atoms. The van der Waals surface area contributed by atoms with Crippen LogP contribution >= 0.6 is 0 Å². The Morgan fingerprint density at radius 3 is 2.64 bits per heavy atom. The Morgan fingerprint density at radius 2 is 1.91 bits per heavy atom. The molecule has 2 N–H and O–H groups in total. The number of ketones is 1.